The molecule has 0 bridgehead atoms. The summed E-state index contributed by atoms with van der Waals surface area (Å²) >= 11 is 0. The highest BCUT2D eigenvalue weighted by Crippen LogP contribution is 2.23. The van der Waals surface area contributed by atoms with Gasteiger partial charge in [-0.1, -0.05) is 58.3 Å². The van der Waals surface area contributed by atoms with Crippen molar-refractivity contribution < 1.29 is 25.0 Å². The van der Waals surface area contributed by atoms with E-state index in [2.05, 4.69) is 11.9 Å². The highest BCUT2D eigenvalue weighted by molar-refractivity contribution is 5.80. The molecule has 0 aromatic rings. The number of hydrogen-bond acceptors (Lipinski definition) is 4. The first-order valence-corrected chi connectivity index (χ1v) is 9.33. The van der Waals surface area contributed by atoms with Crippen LogP contribution >= 0.6 is 0 Å². The number of aliphatic imine (C=N–C) groups is 1. The van der Waals surface area contributed by atoms with Crippen molar-refractivity contribution in [3.63, 3.8) is 0 Å². The second-order valence-electron chi connectivity index (χ2n) is 6.82. The molecule has 0 amide bonds. The molecule has 0 spiro atoms. The van der Waals surface area contributed by atoms with E-state index in [-0.39, 0.29) is 16.5 Å². The summed E-state index contributed by atoms with van der Waals surface area (Å²) in [6.07, 6.45) is 11.5. The van der Waals surface area contributed by atoms with E-state index in [0.717, 1.165) is 18.7 Å². The van der Waals surface area contributed by atoms with Gasteiger partial charge in [0, 0.05) is 13.3 Å². The van der Waals surface area contributed by atoms with E-state index in [1.807, 2.05) is 0 Å². The first-order valence-electron chi connectivity index (χ1n) is 9.33. The van der Waals surface area contributed by atoms with Gasteiger partial charge in [-0.2, -0.15) is 0 Å². The maximum absolute atomic E-state index is 11.2. The Labute approximate surface area is 146 Å². The minimum Gasteiger partial charge on any atom is -0.870 e. The van der Waals surface area contributed by atoms with E-state index in [0.29, 0.717) is 13.1 Å². The van der Waals surface area contributed by atoms with E-state index >= 15 is 0 Å². The van der Waals surface area contributed by atoms with Gasteiger partial charge in [-0.15, -0.1) is 0 Å². The summed E-state index contributed by atoms with van der Waals surface area (Å²) in [5.41, 5.74) is 0. The Balaban J connectivity index is 0.00000529. The number of amidine groups is 1. The summed E-state index contributed by atoms with van der Waals surface area (Å²) in [4.78, 5) is 15.6. The molecule has 0 aromatic carbocycles. The van der Waals surface area contributed by atoms with Crippen molar-refractivity contribution in [3.8, 4) is 0 Å². The van der Waals surface area contributed by atoms with Gasteiger partial charge in [-0.05, 0) is 6.42 Å². The largest absolute Gasteiger partial charge is 0.870 e. The number of aliphatic carboxylic acids is 1. The van der Waals surface area contributed by atoms with Gasteiger partial charge >= 0.3 is 5.97 Å². The van der Waals surface area contributed by atoms with Gasteiger partial charge in [0.25, 0.3) is 0 Å². The lowest BCUT2D eigenvalue weighted by atomic mass is 10.1. The number of carboxylic acid groups (broad SMARTS) is 1. The summed E-state index contributed by atoms with van der Waals surface area (Å²) in [5.74, 6) is 0.0120. The molecule has 0 fully saturated rings. The van der Waals surface area contributed by atoms with Gasteiger partial charge < -0.3 is 15.7 Å². The maximum atomic E-state index is 11.2. The topological polar surface area (TPSA) is 99.9 Å². The zero-order chi connectivity index (χ0) is 17.1. The maximum Gasteiger partial charge on any atom is 0.359 e. The van der Waals surface area contributed by atoms with Gasteiger partial charge in [0.2, 0.25) is 5.84 Å². The fourth-order valence-corrected chi connectivity index (χ4v) is 3.47. The number of aliphatic hydroxyl groups is 1. The molecule has 1 aliphatic rings. The van der Waals surface area contributed by atoms with Crippen LogP contribution in [0.5, 0.6) is 0 Å². The third kappa shape index (κ3) is 7.28. The van der Waals surface area contributed by atoms with Crippen LogP contribution in [0.2, 0.25) is 0 Å². The predicted molar refractivity (Wildman–Crippen MR) is 95.4 cm³/mol. The number of quaternary nitrogens is 1. The second kappa shape index (κ2) is 12.4. The van der Waals surface area contributed by atoms with E-state index in [9.17, 15) is 9.90 Å². The Morgan fingerprint density at radius 2 is 1.67 bits per heavy atom. The number of nitrogens with zero attached hydrogens (tertiary/aromatic N) is 2. The molecule has 1 aliphatic heterocycles. The summed E-state index contributed by atoms with van der Waals surface area (Å²) in [6, 6.07) is 0. The van der Waals surface area contributed by atoms with Crippen LogP contribution in [-0.2, 0) is 4.79 Å². The normalized spacial score (nSPS) is 21.2. The quantitative estimate of drug-likeness (QED) is 0.395. The number of carbonyl (C=O) groups is 1. The second-order valence-corrected chi connectivity index (χ2v) is 6.82. The van der Waals surface area contributed by atoms with Crippen LogP contribution in [0, 0.1) is 0 Å². The van der Waals surface area contributed by atoms with Crippen molar-refractivity contribution in [1.29, 1.82) is 0 Å². The molecule has 0 saturated carbocycles. The molecule has 142 valence electrons. The van der Waals surface area contributed by atoms with Crippen molar-refractivity contribution in [2.45, 2.75) is 84.3 Å². The molecule has 6 nitrogen and oxygen atoms in total. The first kappa shape index (κ1) is 23.0. The Morgan fingerprint density at radius 3 is 2.17 bits per heavy atom. The van der Waals surface area contributed by atoms with E-state index in [1.165, 1.54) is 51.4 Å². The van der Waals surface area contributed by atoms with Crippen LogP contribution in [0.1, 0.15) is 78.1 Å². The lowest BCUT2D eigenvalue weighted by molar-refractivity contribution is -0.877. The highest BCUT2D eigenvalue weighted by Gasteiger charge is 2.43. The predicted octanol–water partition coefficient (Wildman–Crippen LogP) is 3.38. The van der Waals surface area contributed by atoms with Gasteiger partial charge in [0.05, 0.1) is 6.54 Å². The lowest BCUT2D eigenvalue weighted by Gasteiger charge is -2.35. The van der Waals surface area contributed by atoms with Gasteiger partial charge in [-0.3, -0.25) is 0 Å². The molecule has 3 N–H and O–H groups in total. The highest BCUT2D eigenvalue weighted by atomic mass is 16.4. The average Bonchev–Trinajstić information content (AvgIpc) is 2.89. The zero-order valence-corrected chi connectivity index (χ0v) is 15.4. The lowest BCUT2D eigenvalue weighted by Crippen LogP contribution is -2.59. The van der Waals surface area contributed by atoms with Crippen LogP contribution in [0.25, 0.3) is 0 Å². The minimum atomic E-state index is -0.868. The molecule has 0 saturated heterocycles. The summed E-state index contributed by atoms with van der Waals surface area (Å²) < 4.78 is 0.131. The monoisotopic (exact) mass is 344 g/mol. The van der Waals surface area contributed by atoms with Crippen molar-refractivity contribution in [2.75, 3.05) is 19.6 Å². The molecule has 0 aromatic heterocycles. The molecule has 24 heavy (non-hydrogen) atoms. The van der Waals surface area contributed by atoms with Gasteiger partial charge in [-0.25, -0.2) is 14.3 Å². The molecule has 0 aliphatic carbocycles. The van der Waals surface area contributed by atoms with Crippen molar-refractivity contribution in [2.24, 2.45) is 4.99 Å². The Bertz CT molecular complexity index is 385. The van der Waals surface area contributed by atoms with Gasteiger partial charge in [0.1, 0.15) is 6.54 Å². The fraction of sp³-hybridized carbons (Fsp3) is 0.889. The number of carboxylic acids is 1. The fourth-order valence-electron chi connectivity index (χ4n) is 3.47. The third-order valence-electron chi connectivity index (χ3n) is 4.94. The summed E-state index contributed by atoms with van der Waals surface area (Å²) in [7, 11) is 0. The molecular formula is C18H36N2O4. The number of rotatable bonds is 13. The summed E-state index contributed by atoms with van der Waals surface area (Å²) in [5, 5.41) is 19.2. The van der Waals surface area contributed by atoms with Gasteiger partial charge in [0.15, 0.2) is 12.8 Å². The van der Waals surface area contributed by atoms with Crippen LogP contribution in [0.15, 0.2) is 4.99 Å². The van der Waals surface area contributed by atoms with E-state index < -0.39 is 12.2 Å². The van der Waals surface area contributed by atoms with Crippen molar-refractivity contribution >= 4 is 11.8 Å². The first-order chi connectivity index (χ1) is 11.0. The van der Waals surface area contributed by atoms with Crippen LogP contribution < -0.4 is 0 Å². The average molecular weight is 344 g/mol. The SMILES string of the molecule is CCCCCCCCCCCC1=NCC[N+]1(CC(=O)O)C(C)O.[OH-]. The standard InChI is InChI=1S/C18H34N2O3.H2O/c1-3-4-5-6-7-8-9-10-11-12-17-19-13-14-20(17,16(2)21)15-18(22)23;/h16,21H,3-15H2,1-2H3;1H2. The van der Waals surface area contributed by atoms with Crippen LogP contribution in [0.3, 0.4) is 0 Å². The third-order valence-corrected chi connectivity index (χ3v) is 4.94. The molecule has 2 atom stereocenters. The molecular weight excluding hydrogens is 308 g/mol. The van der Waals surface area contributed by atoms with E-state index in [4.69, 9.17) is 5.11 Å². The van der Waals surface area contributed by atoms with Crippen molar-refractivity contribution in [3.05, 3.63) is 0 Å². The summed E-state index contributed by atoms with van der Waals surface area (Å²) in [6.45, 7) is 5.09. The molecule has 0 radical (unpaired) electrons. The Kier molecular flexibility index (Phi) is 11.9. The van der Waals surface area contributed by atoms with Crippen LogP contribution in [-0.4, -0.2) is 57.8 Å². The molecule has 2 unspecified atom stereocenters. The zero-order valence-electron chi connectivity index (χ0n) is 15.4. The Morgan fingerprint density at radius 1 is 1.12 bits per heavy atom. The minimum absolute atomic E-state index is 0. The van der Waals surface area contributed by atoms with Crippen LogP contribution in [0.4, 0.5) is 0 Å². The number of hydrogen-bond donors (Lipinski definition) is 2. The molecule has 6 heteroatoms. The number of unbranched alkanes of at least 4 members (excludes halogenated alkanes) is 8. The van der Waals surface area contributed by atoms with E-state index in [1.54, 1.807) is 6.92 Å². The molecule has 1 rings (SSSR count). The smallest absolute Gasteiger partial charge is 0.359 e. The van der Waals surface area contributed by atoms with Crippen molar-refractivity contribution in [1.82, 2.24) is 0 Å². The molecule has 1 heterocycles. The number of aliphatic hydroxyl groups excluding tert-OH is 1. The Hall–Kier alpha value is -0.980.